The Labute approximate surface area is 82.4 Å². The third-order valence-corrected chi connectivity index (χ3v) is 2.41. The predicted octanol–water partition coefficient (Wildman–Crippen LogP) is 2.04. The number of esters is 1. The first-order chi connectivity index (χ1) is 6.74. The summed E-state index contributed by atoms with van der Waals surface area (Å²) < 4.78 is 4.71. The monoisotopic (exact) mass is 189 g/mol. The first kappa shape index (κ1) is 8.94. The van der Waals surface area contributed by atoms with Gasteiger partial charge in [0.25, 0.3) is 0 Å². The molecule has 0 bridgehead atoms. The van der Waals surface area contributed by atoms with Gasteiger partial charge in [0.2, 0.25) is 0 Å². The number of carbonyl (C=O) groups excluding carboxylic acids is 1. The number of nitrogens with zero attached hydrogens (tertiary/aromatic N) is 1. The van der Waals surface area contributed by atoms with E-state index in [2.05, 4.69) is 4.99 Å². The molecule has 0 unspecified atom stereocenters. The first-order valence-electron chi connectivity index (χ1n) is 4.47. The van der Waals surface area contributed by atoms with Crippen molar-refractivity contribution >= 4 is 17.9 Å². The average Bonchev–Trinajstić information content (AvgIpc) is 2.67. The number of benzene rings is 1. The molecule has 0 spiro atoms. The number of methoxy groups -OCH3 is 1. The van der Waals surface area contributed by atoms with Gasteiger partial charge in [0, 0.05) is 12.6 Å². The minimum atomic E-state index is -0.285. The van der Waals surface area contributed by atoms with Crippen molar-refractivity contribution in [1.29, 1.82) is 0 Å². The molecule has 0 fully saturated rings. The van der Waals surface area contributed by atoms with Crippen LogP contribution in [0.3, 0.4) is 0 Å². The van der Waals surface area contributed by atoms with Crippen molar-refractivity contribution in [3.8, 4) is 0 Å². The Morgan fingerprint density at radius 3 is 3.00 bits per heavy atom. The molecular formula is C11H11NO2. The lowest BCUT2D eigenvalue weighted by molar-refractivity contribution is 0.0600. The van der Waals surface area contributed by atoms with E-state index in [4.69, 9.17) is 4.74 Å². The lowest BCUT2D eigenvalue weighted by Crippen LogP contribution is -2.05. The molecule has 0 aliphatic carbocycles. The van der Waals surface area contributed by atoms with Gasteiger partial charge in [-0.2, -0.15) is 0 Å². The van der Waals surface area contributed by atoms with Gasteiger partial charge >= 0.3 is 5.97 Å². The van der Waals surface area contributed by atoms with Crippen molar-refractivity contribution in [2.75, 3.05) is 7.11 Å². The standard InChI is InChI=1S/C11H11NO2/c1-7-3-4-9(11(13)14-2)8-5-6-12-10(7)8/h3-4,6H,5H2,1-2H3. The molecule has 0 atom stereocenters. The van der Waals surface area contributed by atoms with Gasteiger partial charge < -0.3 is 4.74 Å². The molecule has 3 heteroatoms. The van der Waals surface area contributed by atoms with E-state index in [0.717, 1.165) is 23.2 Å². The number of aliphatic imine (C=N–C) groups is 1. The van der Waals surface area contributed by atoms with Crippen molar-refractivity contribution in [3.05, 3.63) is 28.8 Å². The molecule has 1 aliphatic rings. The van der Waals surface area contributed by atoms with Gasteiger partial charge in [-0.05, 0) is 24.1 Å². The van der Waals surface area contributed by atoms with Crippen molar-refractivity contribution in [1.82, 2.24) is 0 Å². The van der Waals surface area contributed by atoms with Crippen LogP contribution in [0.4, 0.5) is 5.69 Å². The van der Waals surface area contributed by atoms with Crippen molar-refractivity contribution < 1.29 is 9.53 Å². The first-order valence-corrected chi connectivity index (χ1v) is 4.47. The summed E-state index contributed by atoms with van der Waals surface area (Å²) in [4.78, 5) is 15.7. The van der Waals surface area contributed by atoms with Crippen LogP contribution in [0.25, 0.3) is 0 Å². The Kier molecular flexibility index (Phi) is 2.08. The fraction of sp³-hybridized carbons (Fsp3) is 0.273. The van der Waals surface area contributed by atoms with Gasteiger partial charge in [-0.25, -0.2) is 4.79 Å². The molecule has 1 aromatic carbocycles. The van der Waals surface area contributed by atoms with E-state index in [9.17, 15) is 4.79 Å². The van der Waals surface area contributed by atoms with Crippen LogP contribution in [0.2, 0.25) is 0 Å². The highest BCUT2D eigenvalue weighted by Crippen LogP contribution is 2.31. The largest absolute Gasteiger partial charge is 0.465 e. The Morgan fingerprint density at radius 1 is 1.50 bits per heavy atom. The summed E-state index contributed by atoms with van der Waals surface area (Å²) in [7, 11) is 1.39. The van der Waals surface area contributed by atoms with Crippen LogP contribution in [0.5, 0.6) is 0 Å². The van der Waals surface area contributed by atoms with E-state index < -0.39 is 0 Å². The van der Waals surface area contributed by atoms with Crippen LogP contribution in [0.15, 0.2) is 17.1 Å². The number of fused-ring (bicyclic) bond motifs is 1. The maximum atomic E-state index is 11.4. The number of hydrogen-bond acceptors (Lipinski definition) is 3. The number of ether oxygens (including phenoxy) is 1. The molecular weight excluding hydrogens is 178 g/mol. The highest BCUT2D eigenvalue weighted by atomic mass is 16.5. The van der Waals surface area contributed by atoms with E-state index >= 15 is 0 Å². The van der Waals surface area contributed by atoms with Crippen LogP contribution in [0.1, 0.15) is 21.5 Å². The maximum absolute atomic E-state index is 11.4. The van der Waals surface area contributed by atoms with Gasteiger partial charge in [-0.3, -0.25) is 4.99 Å². The minimum absolute atomic E-state index is 0.285. The molecule has 0 aromatic heterocycles. The summed E-state index contributed by atoms with van der Waals surface area (Å²) in [6.07, 6.45) is 2.55. The van der Waals surface area contributed by atoms with E-state index in [1.807, 2.05) is 19.2 Å². The van der Waals surface area contributed by atoms with Gasteiger partial charge in [-0.1, -0.05) is 6.07 Å². The second-order valence-corrected chi connectivity index (χ2v) is 3.26. The summed E-state index contributed by atoms with van der Waals surface area (Å²) in [5.74, 6) is -0.285. The molecule has 3 nitrogen and oxygen atoms in total. The summed E-state index contributed by atoms with van der Waals surface area (Å²) in [6, 6.07) is 3.70. The zero-order chi connectivity index (χ0) is 10.1. The zero-order valence-electron chi connectivity index (χ0n) is 8.20. The van der Waals surface area contributed by atoms with Crippen molar-refractivity contribution in [2.24, 2.45) is 4.99 Å². The second-order valence-electron chi connectivity index (χ2n) is 3.26. The molecule has 14 heavy (non-hydrogen) atoms. The molecule has 1 aliphatic heterocycles. The molecule has 72 valence electrons. The molecule has 2 rings (SSSR count). The highest BCUT2D eigenvalue weighted by Gasteiger charge is 2.18. The second kappa shape index (κ2) is 3.25. The summed E-state index contributed by atoms with van der Waals surface area (Å²) in [5.41, 5.74) is 3.64. The van der Waals surface area contributed by atoms with Gasteiger partial charge in [0.15, 0.2) is 0 Å². The lowest BCUT2D eigenvalue weighted by Gasteiger charge is -2.07. The molecule has 0 saturated carbocycles. The lowest BCUT2D eigenvalue weighted by atomic mass is 10.0. The molecule has 1 heterocycles. The predicted molar refractivity (Wildman–Crippen MR) is 54.4 cm³/mol. The fourth-order valence-corrected chi connectivity index (χ4v) is 1.67. The Hall–Kier alpha value is -1.64. The molecule has 0 saturated heterocycles. The zero-order valence-corrected chi connectivity index (χ0v) is 8.20. The topological polar surface area (TPSA) is 38.7 Å². The number of rotatable bonds is 1. The fourth-order valence-electron chi connectivity index (χ4n) is 1.67. The quantitative estimate of drug-likeness (QED) is 0.634. The third kappa shape index (κ3) is 1.21. The number of hydrogen-bond donors (Lipinski definition) is 0. The van der Waals surface area contributed by atoms with Crippen LogP contribution in [-0.4, -0.2) is 19.3 Å². The summed E-state index contributed by atoms with van der Waals surface area (Å²) in [5, 5.41) is 0. The smallest absolute Gasteiger partial charge is 0.338 e. The van der Waals surface area contributed by atoms with Crippen LogP contribution in [-0.2, 0) is 11.2 Å². The number of aryl methyl sites for hydroxylation is 1. The highest BCUT2D eigenvalue weighted by molar-refractivity contribution is 5.96. The number of carbonyl (C=O) groups is 1. The van der Waals surface area contributed by atoms with Gasteiger partial charge in [0.1, 0.15) is 0 Å². The van der Waals surface area contributed by atoms with E-state index in [1.54, 1.807) is 6.07 Å². The Bertz CT molecular complexity index is 422. The Morgan fingerprint density at radius 2 is 2.29 bits per heavy atom. The third-order valence-electron chi connectivity index (χ3n) is 2.41. The maximum Gasteiger partial charge on any atom is 0.338 e. The molecule has 1 aromatic rings. The van der Waals surface area contributed by atoms with Crippen LogP contribution in [0, 0.1) is 6.92 Å². The van der Waals surface area contributed by atoms with Crippen molar-refractivity contribution in [3.63, 3.8) is 0 Å². The normalized spacial score (nSPS) is 12.7. The van der Waals surface area contributed by atoms with Crippen LogP contribution >= 0.6 is 0 Å². The molecule has 0 amide bonds. The molecule has 0 radical (unpaired) electrons. The summed E-state index contributed by atoms with van der Waals surface area (Å²) >= 11 is 0. The summed E-state index contributed by atoms with van der Waals surface area (Å²) in [6.45, 7) is 1.99. The van der Waals surface area contributed by atoms with Crippen molar-refractivity contribution in [2.45, 2.75) is 13.3 Å². The SMILES string of the molecule is COC(=O)c1ccc(C)c2c1CC=N2. The molecule has 0 N–H and O–H groups in total. The van der Waals surface area contributed by atoms with Gasteiger partial charge in [-0.15, -0.1) is 0 Å². The van der Waals surface area contributed by atoms with E-state index in [0.29, 0.717) is 5.56 Å². The van der Waals surface area contributed by atoms with E-state index in [-0.39, 0.29) is 5.97 Å². The van der Waals surface area contributed by atoms with Gasteiger partial charge in [0.05, 0.1) is 18.4 Å². The van der Waals surface area contributed by atoms with Crippen LogP contribution < -0.4 is 0 Å². The Balaban J connectivity index is 2.56. The average molecular weight is 189 g/mol. The van der Waals surface area contributed by atoms with E-state index in [1.165, 1.54) is 7.11 Å². The minimum Gasteiger partial charge on any atom is -0.465 e.